The Hall–Kier alpha value is -3.11. The fourth-order valence-electron chi connectivity index (χ4n) is 4.82. The zero-order valence-electron chi connectivity index (χ0n) is 20.3. The maximum atomic E-state index is 13.1. The van der Waals surface area contributed by atoms with Crippen LogP contribution in [0.5, 0.6) is 0 Å². The molecule has 1 aliphatic rings. The lowest BCUT2D eigenvalue weighted by Crippen LogP contribution is -2.20. The van der Waals surface area contributed by atoms with Gasteiger partial charge in [0, 0.05) is 33.6 Å². The van der Waals surface area contributed by atoms with Crippen LogP contribution < -0.4 is 5.43 Å². The molecule has 4 nitrogen and oxygen atoms in total. The largest absolute Gasteiger partial charge is 0.350 e. The highest BCUT2D eigenvalue weighted by molar-refractivity contribution is 6.31. The number of hydrogen-bond donors (Lipinski definition) is 2. The number of carbonyl (C=O) groups is 1. The molecule has 0 saturated heterocycles. The first-order valence-corrected chi connectivity index (χ1v) is 12.2. The lowest BCUT2D eigenvalue weighted by atomic mass is 9.72. The van der Waals surface area contributed by atoms with E-state index in [1.54, 1.807) is 6.21 Å². The Morgan fingerprint density at radius 2 is 1.97 bits per heavy atom. The molecule has 3 aromatic rings. The van der Waals surface area contributed by atoms with Crippen LogP contribution in [0, 0.1) is 11.3 Å². The van der Waals surface area contributed by atoms with Crippen molar-refractivity contribution in [2.75, 3.05) is 0 Å². The molecule has 0 fully saturated rings. The summed E-state index contributed by atoms with van der Waals surface area (Å²) >= 11 is 6.25. The van der Waals surface area contributed by atoms with Crippen molar-refractivity contribution in [3.63, 3.8) is 0 Å². The molecule has 0 saturated carbocycles. The van der Waals surface area contributed by atoms with Crippen LogP contribution in [0.15, 0.2) is 76.9 Å². The van der Waals surface area contributed by atoms with Gasteiger partial charge in [0.1, 0.15) is 5.69 Å². The van der Waals surface area contributed by atoms with Gasteiger partial charge in [0.05, 0.1) is 0 Å². The molecule has 5 heteroatoms. The lowest BCUT2D eigenvalue weighted by molar-refractivity contribution is 0.0951. The number of H-pyrrole nitrogens is 1. The van der Waals surface area contributed by atoms with Gasteiger partial charge in [-0.2, -0.15) is 5.10 Å². The van der Waals surface area contributed by atoms with Crippen molar-refractivity contribution in [3.05, 3.63) is 82.5 Å². The number of aromatic amines is 1. The molecule has 34 heavy (non-hydrogen) atoms. The number of allylic oxidation sites excluding steroid dienone is 4. The molecule has 1 unspecified atom stereocenters. The molecule has 2 N–H and O–H groups in total. The van der Waals surface area contributed by atoms with Gasteiger partial charge in [0.25, 0.3) is 5.91 Å². The highest BCUT2D eigenvalue weighted by atomic mass is 35.5. The highest BCUT2D eigenvalue weighted by Gasteiger charge is 2.26. The smallest absolute Gasteiger partial charge is 0.288 e. The van der Waals surface area contributed by atoms with Gasteiger partial charge >= 0.3 is 0 Å². The monoisotopic (exact) mass is 473 g/mol. The quantitative estimate of drug-likeness (QED) is 0.277. The molecule has 4 rings (SSSR count). The summed E-state index contributed by atoms with van der Waals surface area (Å²) in [6.07, 6.45) is 9.79. The van der Waals surface area contributed by atoms with Crippen molar-refractivity contribution in [1.29, 1.82) is 0 Å². The zero-order chi connectivity index (χ0) is 24.3. The Labute approximate surface area is 206 Å². The second kappa shape index (κ2) is 10.0. The number of fused-ring (bicyclic) bond motifs is 1. The topological polar surface area (TPSA) is 57.2 Å². The van der Waals surface area contributed by atoms with Crippen LogP contribution in [-0.4, -0.2) is 17.1 Å². The number of nitrogens with zero attached hydrogens (tertiary/aromatic N) is 1. The van der Waals surface area contributed by atoms with E-state index in [-0.39, 0.29) is 17.2 Å². The molecule has 1 aliphatic carbocycles. The second-order valence-corrected chi connectivity index (χ2v) is 10.2. The van der Waals surface area contributed by atoms with Crippen molar-refractivity contribution in [2.24, 2.45) is 16.4 Å². The molecular formula is C29H32ClN3O. The number of benzene rings is 2. The Kier molecular flexibility index (Phi) is 7.08. The van der Waals surface area contributed by atoms with Gasteiger partial charge in [-0.25, -0.2) is 5.43 Å². The van der Waals surface area contributed by atoms with Crippen molar-refractivity contribution in [2.45, 2.75) is 47.0 Å². The minimum Gasteiger partial charge on any atom is -0.350 e. The van der Waals surface area contributed by atoms with Crippen LogP contribution in [0.3, 0.4) is 0 Å². The maximum Gasteiger partial charge on any atom is 0.288 e. The first kappa shape index (κ1) is 24.0. The third-order valence-electron chi connectivity index (χ3n) is 6.63. The van der Waals surface area contributed by atoms with E-state index in [0.29, 0.717) is 10.7 Å². The predicted molar refractivity (Wildman–Crippen MR) is 143 cm³/mol. The minimum atomic E-state index is -0.287. The van der Waals surface area contributed by atoms with E-state index in [0.717, 1.165) is 22.0 Å². The molecule has 2 aromatic carbocycles. The summed E-state index contributed by atoms with van der Waals surface area (Å²) in [7, 11) is 0. The van der Waals surface area contributed by atoms with Crippen molar-refractivity contribution < 1.29 is 4.79 Å². The third-order valence-corrected chi connectivity index (χ3v) is 6.87. The Bertz CT molecular complexity index is 1280. The summed E-state index contributed by atoms with van der Waals surface area (Å²) in [6.45, 7) is 8.92. The van der Waals surface area contributed by atoms with Gasteiger partial charge in [-0.05, 0) is 60.9 Å². The van der Waals surface area contributed by atoms with Gasteiger partial charge in [-0.15, -0.1) is 0 Å². The van der Waals surface area contributed by atoms with Gasteiger partial charge in [-0.1, -0.05) is 80.4 Å². The summed E-state index contributed by atoms with van der Waals surface area (Å²) in [5.74, 6) is -0.195. The van der Waals surface area contributed by atoms with E-state index in [1.165, 1.54) is 30.4 Å². The summed E-state index contributed by atoms with van der Waals surface area (Å²) in [6, 6.07) is 15.4. The van der Waals surface area contributed by atoms with E-state index in [2.05, 4.69) is 55.4 Å². The number of rotatable bonds is 6. The van der Waals surface area contributed by atoms with E-state index in [9.17, 15) is 4.79 Å². The van der Waals surface area contributed by atoms with Crippen LogP contribution >= 0.6 is 11.6 Å². The SMILES string of the molecule is CC1=C(/C=C/C(C)/C=N/NC(=O)c2[nH]c3ccc(Cl)cc3c2-c2ccccc2)C(C)(C)CCC1. The summed E-state index contributed by atoms with van der Waals surface area (Å²) in [5, 5.41) is 5.78. The van der Waals surface area contributed by atoms with Crippen LogP contribution in [0.1, 0.15) is 57.4 Å². The molecular weight excluding hydrogens is 442 g/mol. The predicted octanol–water partition coefficient (Wildman–Crippen LogP) is 7.92. The van der Waals surface area contributed by atoms with E-state index in [4.69, 9.17) is 11.6 Å². The van der Waals surface area contributed by atoms with Gasteiger partial charge in [0.15, 0.2) is 0 Å². The maximum absolute atomic E-state index is 13.1. The first-order valence-electron chi connectivity index (χ1n) is 11.8. The summed E-state index contributed by atoms with van der Waals surface area (Å²) in [4.78, 5) is 16.3. The first-order chi connectivity index (χ1) is 16.3. The van der Waals surface area contributed by atoms with Gasteiger partial charge < -0.3 is 4.98 Å². The zero-order valence-corrected chi connectivity index (χ0v) is 21.0. The number of aromatic nitrogens is 1. The molecule has 0 spiro atoms. The minimum absolute atomic E-state index is 0.0911. The average Bonchev–Trinajstić information content (AvgIpc) is 3.17. The highest BCUT2D eigenvalue weighted by Crippen LogP contribution is 2.40. The molecule has 176 valence electrons. The number of hydrazone groups is 1. The van der Waals surface area contributed by atoms with Crippen LogP contribution in [0.2, 0.25) is 5.02 Å². The van der Waals surface area contributed by atoms with E-state index >= 15 is 0 Å². The summed E-state index contributed by atoms with van der Waals surface area (Å²) in [5.41, 5.74) is 8.88. The fourth-order valence-corrected chi connectivity index (χ4v) is 4.99. The van der Waals surface area contributed by atoms with Crippen molar-refractivity contribution in [3.8, 4) is 11.1 Å². The Morgan fingerprint density at radius 1 is 1.21 bits per heavy atom. The molecule has 1 amide bonds. The number of nitrogens with one attached hydrogen (secondary N) is 2. The fraction of sp³-hybridized carbons (Fsp3) is 0.310. The standard InChI is InChI=1S/C29H32ClN3O/c1-19(12-14-24-20(2)9-8-16-29(24,3)4)18-31-33-28(34)27-26(21-10-6-5-7-11-21)23-17-22(30)13-15-25(23)32-27/h5-7,10-15,17-19,32H,8-9,16H2,1-4H3,(H,33,34)/b14-12+,31-18+. The van der Waals surface area contributed by atoms with E-state index in [1.807, 2.05) is 48.5 Å². The Morgan fingerprint density at radius 3 is 2.71 bits per heavy atom. The summed E-state index contributed by atoms with van der Waals surface area (Å²) < 4.78 is 0. The van der Waals surface area contributed by atoms with Crippen LogP contribution in [0.4, 0.5) is 0 Å². The molecule has 0 bridgehead atoms. The number of hydrogen-bond acceptors (Lipinski definition) is 2. The van der Waals surface area contributed by atoms with Crippen molar-refractivity contribution in [1.82, 2.24) is 10.4 Å². The van der Waals surface area contributed by atoms with Gasteiger partial charge in [0.2, 0.25) is 0 Å². The van der Waals surface area contributed by atoms with Gasteiger partial charge in [-0.3, -0.25) is 4.79 Å². The van der Waals surface area contributed by atoms with Crippen LogP contribution in [0.25, 0.3) is 22.0 Å². The Balaban J connectivity index is 1.53. The molecule has 1 heterocycles. The molecule has 1 atom stereocenters. The number of amides is 1. The number of carbonyl (C=O) groups excluding carboxylic acids is 1. The third kappa shape index (κ3) is 5.18. The lowest BCUT2D eigenvalue weighted by Gasteiger charge is -2.33. The molecule has 0 radical (unpaired) electrons. The molecule has 0 aliphatic heterocycles. The van der Waals surface area contributed by atoms with Crippen molar-refractivity contribution >= 4 is 34.6 Å². The average molecular weight is 474 g/mol. The normalized spacial score (nSPS) is 17.1. The molecule has 1 aromatic heterocycles. The number of halogens is 1. The second-order valence-electron chi connectivity index (χ2n) is 9.80. The van der Waals surface area contributed by atoms with Crippen LogP contribution in [-0.2, 0) is 0 Å². The van der Waals surface area contributed by atoms with E-state index < -0.39 is 0 Å².